The highest BCUT2D eigenvalue weighted by atomic mass is 19.4. The number of esters is 1. The van der Waals surface area contributed by atoms with Crippen molar-refractivity contribution >= 4 is 12.0 Å². The van der Waals surface area contributed by atoms with Gasteiger partial charge in [0.15, 0.2) is 0 Å². The third-order valence-electron chi connectivity index (χ3n) is 5.84. The molecule has 1 heterocycles. The lowest BCUT2D eigenvalue weighted by atomic mass is 9.94. The van der Waals surface area contributed by atoms with Crippen LogP contribution in [0.15, 0.2) is 60.9 Å². The highest BCUT2D eigenvalue weighted by molar-refractivity contribution is 5.79. The summed E-state index contributed by atoms with van der Waals surface area (Å²) in [5.41, 5.74) is 1.82. The number of hydrogen-bond acceptors (Lipinski definition) is 5. The molecule has 10 heteroatoms. The van der Waals surface area contributed by atoms with E-state index in [0.717, 1.165) is 17.7 Å². The Kier molecular flexibility index (Phi) is 9.70. The van der Waals surface area contributed by atoms with Gasteiger partial charge in [0.05, 0.1) is 25.7 Å². The lowest BCUT2D eigenvalue weighted by molar-refractivity contribution is -0.142. The van der Waals surface area contributed by atoms with Gasteiger partial charge in [-0.2, -0.15) is 13.2 Å². The number of halogens is 3. The number of rotatable bonds is 10. The molecule has 0 bridgehead atoms. The van der Waals surface area contributed by atoms with Crippen molar-refractivity contribution in [1.29, 1.82) is 0 Å². The Bertz CT molecular complexity index is 1250. The van der Waals surface area contributed by atoms with E-state index in [1.54, 1.807) is 50.5 Å². The number of amides is 2. The second-order valence-corrected chi connectivity index (χ2v) is 8.42. The fourth-order valence-corrected chi connectivity index (χ4v) is 3.94. The molecule has 7 nitrogen and oxygen atoms in total. The summed E-state index contributed by atoms with van der Waals surface area (Å²) in [5, 5.41) is 2.79. The molecule has 0 spiro atoms. The molecular formula is C28H30F3N3O4. The van der Waals surface area contributed by atoms with E-state index in [9.17, 15) is 22.8 Å². The molecule has 1 N–H and O–H groups in total. The summed E-state index contributed by atoms with van der Waals surface area (Å²) in [6.07, 6.45) is -1.33. The van der Waals surface area contributed by atoms with E-state index in [4.69, 9.17) is 9.47 Å². The van der Waals surface area contributed by atoms with Crippen molar-refractivity contribution in [3.05, 3.63) is 83.2 Å². The standard InChI is InChI=1S/C28H30F3N3O4/c1-4-34(27(36)33-17-20-7-6-12-32-16-20)18-21-15-22(28(29,30)31)9-10-23(21)24-13-19(8-11-25(24)37-3)14-26(35)38-5-2/h6-13,15-16H,4-5,14,17-18H2,1-3H3,(H,33,36). The van der Waals surface area contributed by atoms with Gasteiger partial charge in [0.2, 0.25) is 0 Å². The molecule has 2 amide bonds. The van der Waals surface area contributed by atoms with Gasteiger partial charge in [0.25, 0.3) is 0 Å². The van der Waals surface area contributed by atoms with Crippen LogP contribution in [0.2, 0.25) is 0 Å². The molecule has 0 saturated carbocycles. The van der Waals surface area contributed by atoms with Gasteiger partial charge in [0, 0.05) is 37.6 Å². The minimum absolute atomic E-state index is 0.00135. The second-order valence-electron chi connectivity index (χ2n) is 8.42. The topological polar surface area (TPSA) is 80.8 Å². The third kappa shape index (κ3) is 7.47. The summed E-state index contributed by atoms with van der Waals surface area (Å²) in [4.78, 5) is 30.4. The Balaban J connectivity index is 1.98. The average Bonchev–Trinajstić information content (AvgIpc) is 2.90. The third-order valence-corrected chi connectivity index (χ3v) is 5.84. The maximum Gasteiger partial charge on any atom is 0.416 e. The highest BCUT2D eigenvalue weighted by Crippen LogP contribution is 2.38. The van der Waals surface area contributed by atoms with E-state index in [2.05, 4.69) is 10.3 Å². The van der Waals surface area contributed by atoms with Crippen LogP contribution in [0.1, 0.15) is 36.1 Å². The van der Waals surface area contributed by atoms with Gasteiger partial charge >= 0.3 is 18.2 Å². The van der Waals surface area contributed by atoms with E-state index in [1.165, 1.54) is 18.1 Å². The number of methoxy groups -OCH3 is 1. The Morgan fingerprint density at radius 1 is 1.03 bits per heavy atom. The Hall–Kier alpha value is -4.08. The summed E-state index contributed by atoms with van der Waals surface area (Å²) in [5.74, 6) is 0.00130. The maximum absolute atomic E-state index is 13.6. The Morgan fingerprint density at radius 2 is 1.82 bits per heavy atom. The number of urea groups is 1. The van der Waals surface area contributed by atoms with Crippen molar-refractivity contribution < 1.29 is 32.2 Å². The smallest absolute Gasteiger partial charge is 0.416 e. The molecule has 1 aromatic heterocycles. The molecule has 0 aliphatic heterocycles. The number of carbonyl (C=O) groups excluding carboxylic acids is 2. The van der Waals surface area contributed by atoms with Gasteiger partial charge < -0.3 is 19.7 Å². The number of carbonyl (C=O) groups is 2. The number of hydrogen-bond donors (Lipinski definition) is 1. The van der Waals surface area contributed by atoms with Gasteiger partial charge in [-0.1, -0.05) is 18.2 Å². The first-order chi connectivity index (χ1) is 18.2. The molecule has 0 radical (unpaired) electrons. The molecule has 0 fully saturated rings. The van der Waals surface area contributed by atoms with Crippen LogP contribution in [0.25, 0.3) is 11.1 Å². The van der Waals surface area contributed by atoms with Crippen molar-refractivity contribution in [1.82, 2.24) is 15.2 Å². The first-order valence-electron chi connectivity index (χ1n) is 12.1. The number of alkyl halides is 3. The summed E-state index contributed by atoms with van der Waals surface area (Å²) in [6.45, 7) is 4.09. The minimum atomic E-state index is -4.57. The average molecular weight is 530 g/mol. The van der Waals surface area contributed by atoms with Crippen LogP contribution >= 0.6 is 0 Å². The molecule has 0 aliphatic rings. The molecule has 3 aromatic rings. The predicted octanol–water partition coefficient (Wildman–Crippen LogP) is 5.61. The van der Waals surface area contributed by atoms with Crippen molar-refractivity contribution in [2.75, 3.05) is 20.3 Å². The SMILES string of the molecule is CCOC(=O)Cc1ccc(OC)c(-c2ccc(C(F)(F)F)cc2CN(CC)C(=O)NCc2cccnc2)c1. The van der Waals surface area contributed by atoms with E-state index in [1.807, 2.05) is 6.07 Å². The van der Waals surface area contributed by atoms with Crippen LogP contribution in [-0.2, 0) is 35.2 Å². The first-order valence-corrected chi connectivity index (χ1v) is 12.1. The zero-order valence-corrected chi connectivity index (χ0v) is 21.5. The van der Waals surface area contributed by atoms with E-state index < -0.39 is 23.7 Å². The van der Waals surface area contributed by atoms with E-state index >= 15 is 0 Å². The zero-order valence-electron chi connectivity index (χ0n) is 21.5. The fourth-order valence-electron chi connectivity index (χ4n) is 3.94. The minimum Gasteiger partial charge on any atom is -0.496 e. The predicted molar refractivity (Wildman–Crippen MR) is 136 cm³/mol. The molecule has 202 valence electrons. The van der Waals surface area contributed by atoms with Crippen molar-refractivity contribution in [3.8, 4) is 16.9 Å². The number of aromatic nitrogens is 1. The van der Waals surface area contributed by atoms with Crippen LogP contribution in [-0.4, -0.2) is 42.1 Å². The molecule has 0 aliphatic carbocycles. The second kappa shape index (κ2) is 12.9. The van der Waals surface area contributed by atoms with Crippen LogP contribution in [0, 0.1) is 0 Å². The number of nitrogens with zero attached hydrogens (tertiary/aromatic N) is 2. The number of nitrogens with one attached hydrogen (secondary N) is 1. The summed E-state index contributed by atoms with van der Waals surface area (Å²) >= 11 is 0. The first kappa shape index (κ1) is 28.5. The van der Waals surface area contributed by atoms with Crippen LogP contribution < -0.4 is 10.1 Å². The fraction of sp³-hybridized carbons (Fsp3) is 0.321. The van der Waals surface area contributed by atoms with Gasteiger partial charge in [-0.05, 0) is 66.4 Å². The zero-order chi connectivity index (χ0) is 27.7. The molecule has 0 unspecified atom stereocenters. The Labute approximate surface area is 219 Å². The maximum atomic E-state index is 13.6. The quantitative estimate of drug-likeness (QED) is 0.345. The lowest BCUT2D eigenvalue weighted by Gasteiger charge is -2.24. The number of ether oxygens (including phenoxy) is 2. The van der Waals surface area contributed by atoms with Crippen molar-refractivity contribution in [2.45, 2.75) is 39.5 Å². The molecule has 2 aromatic carbocycles. The van der Waals surface area contributed by atoms with Gasteiger partial charge in [-0.25, -0.2) is 4.79 Å². The lowest BCUT2D eigenvalue weighted by Crippen LogP contribution is -2.39. The van der Waals surface area contributed by atoms with Gasteiger partial charge in [-0.15, -0.1) is 0 Å². The largest absolute Gasteiger partial charge is 0.496 e. The van der Waals surface area contributed by atoms with Crippen LogP contribution in [0.4, 0.5) is 18.0 Å². The van der Waals surface area contributed by atoms with E-state index in [0.29, 0.717) is 22.4 Å². The molecular weight excluding hydrogens is 499 g/mol. The van der Waals surface area contributed by atoms with Gasteiger partial charge in [-0.3, -0.25) is 9.78 Å². The Morgan fingerprint density at radius 3 is 2.45 bits per heavy atom. The van der Waals surface area contributed by atoms with Crippen molar-refractivity contribution in [2.24, 2.45) is 0 Å². The summed E-state index contributed by atoms with van der Waals surface area (Å²) in [7, 11) is 1.46. The normalized spacial score (nSPS) is 11.1. The van der Waals surface area contributed by atoms with E-state index in [-0.39, 0.29) is 38.2 Å². The van der Waals surface area contributed by atoms with Crippen LogP contribution in [0.5, 0.6) is 5.75 Å². The summed E-state index contributed by atoms with van der Waals surface area (Å²) in [6, 6.07) is 11.6. The van der Waals surface area contributed by atoms with Crippen molar-refractivity contribution in [3.63, 3.8) is 0 Å². The monoisotopic (exact) mass is 529 g/mol. The van der Waals surface area contributed by atoms with Crippen LogP contribution in [0.3, 0.4) is 0 Å². The molecule has 0 saturated heterocycles. The molecule has 3 rings (SSSR count). The molecule has 38 heavy (non-hydrogen) atoms. The molecule has 0 atom stereocenters. The number of pyridine rings is 1. The number of benzene rings is 2. The highest BCUT2D eigenvalue weighted by Gasteiger charge is 2.31. The van der Waals surface area contributed by atoms with Gasteiger partial charge in [0.1, 0.15) is 5.75 Å². The summed E-state index contributed by atoms with van der Waals surface area (Å²) < 4.78 is 51.4.